The highest BCUT2D eigenvalue weighted by atomic mass is 16.6. The lowest BCUT2D eigenvalue weighted by atomic mass is 9.38. The predicted molar refractivity (Wildman–Crippen MR) is 195 cm³/mol. The molecule has 0 heterocycles. The summed E-state index contributed by atoms with van der Waals surface area (Å²) in [6.45, 7) is 20.3. The molecule has 0 amide bonds. The van der Waals surface area contributed by atoms with Gasteiger partial charge in [-0.05, 0) is 179 Å². The number of esters is 1. The average Bonchev–Trinajstić information content (AvgIpc) is 3.79. The number of ketones is 1. The van der Waals surface area contributed by atoms with Gasteiger partial charge >= 0.3 is 5.97 Å². The first-order valence-corrected chi connectivity index (χ1v) is 19.7. The molecule has 7 rings (SSSR count). The Hall–Kier alpha value is -2.20. The molecule has 0 aromatic heterocycles. The summed E-state index contributed by atoms with van der Waals surface area (Å²) < 4.78 is 5.62. The van der Waals surface area contributed by atoms with Gasteiger partial charge in [0.05, 0.1) is 5.56 Å². The fraction of sp³-hybridized carbons (Fsp3) is 0.727. The Balaban J connectivity index is 1.13. The fourth-order valence-corrected chi connectivity index (χ4v) is 12.5. The molecule has 0 bridgehead atoms. The topological polar surface area (TPSA) is 55.4 Å². The Labute approximate surface area is 291 Å². The van der Waals surface area contributed by atoms with E-state index in [-0.39, 0.29) is 11.4 Å². The Bertz CT molecular complexity index is 1490. The van der Waals surface area contributed by atoms with Crippen molar-refractivity contribution in [1.82, 2.24) is 5.32 Å². The zero-order valence-electron chi connectivity index (χ0n) is 31.3. The lowest BCUT2D eigenvalue weighted by molar-refractivity contribution is -0.145. The molecule has 6 aliphatic carbocycles. The van der Waals surface area contributed by atoms with Gasteiger partial charge < -0.3 is 10.1 Å². The zero-order valence-corrected chi connectivity index (χ0v) is 31.3. The van der Waals surface area contributed by atoms with Crippen LogP contribution in [0.3, 0.4) is 0 Å². The third-order valence-electron chi connectivity index (χ3n) is 14.7. The van der Waals surface area contributed by atoms with Crippen molar-refractivity contribution in [3.8, 4) is 0 Å². The van der Waals surface area contributed by atoms with E-state index in [0.717, 1.165) is 38.3 Å². The SMILES string of the molecule is CC(C)C1=C2C3CCC4C5(C)CC=C(c6ccc(C(=O)OC(C)(C)C)cc6)C(C)C5CCC4(C)C3CCC2(CCNCC2CC2)CC1=O. The van der Waals surface area contributed by atoms with Crippen molar-refractivity contribution in [3.63, 3.8) is 0 Å². The number of benzene rings is 1. The zero-order chi connectivity index (χ0) is 34.2. The van der Waals surface area contributed by atoms with E-state index in [2.05, 4.69) is 58.1 Å². The van der Waals surface area contributed by atoms with Gasteiger partial charge in [-0.1, -0.05) is 58.4 Å². The number of carbonyl (C=O) groups is 2. The van der Waals surface area contributed by atoms with E-state index in [0.29, 0.717) is 57.7 Å². The summed E-state index contributed by atoms with van der Waals surface area (Å²) in [6.07, 6.45) is 16.1. The van der Waals surface area contributed by atoms with Gasteiger partial charge in [0, 0.05) is 11.8 Å². The summed E-state index contributed by atoms with van der Waals surface area (Å²) in [5.74, 6) is 4.59. The number of hydrogen-bond acceptors (Lipinski definition) is 4. The molecule has 4 heteroatoms. The molecule has 0 radical (unpaired) electrons. The van der Waals surface area contributed by atoms with Crippen LogP contribution in [0.1, 0.15) is 142 Å². The molecule has 0 aliphatic heterocycles. The van der Waals surface area contributed by atoms with E-state index in [1.54, 1.807) is 5.57 Å². The molecule has 1 N–H and O–H groups in total. The van der Waals surface area contributed by atoms with Crippen molar-refractivity contribution < 1.29 is 14.3 Å². The molecule has 8 atom stereocenters. The second-order valence-corrected chi connectivity index (χ2v) is 19.0. The smallest absolute Gasteiger partial charge is 0.338 e. The van der Waals surface area contributed by atoms with Crippen molar-refractivity contribution >= 4 is 17.3 Å². The Kier molecular flexibility index (Phi) is 8.73. The van der Waals surface area contributed by atoms with Gasteiger partial charge in [-0.2, -0.15) is 0 Å². The number of rotatable bonds is 8. The minimum absolute atomic E-state index is 0.106. The first-order valence-electron chi connectivity index (χ1n) is 19.7. The molecule has 48 heavy (non-hydrogen) atoms. The number of hydrogen-bond donors (Lipinski definition) is 1. The second-order valence-electron chi connectivity index (χ2n) is 19.0. The maximum absolute atomic E-state index is 13.8. The Morgan fingerprint density at radius 3 is 2.33 bits per heavy atom. The second kappa shape index (κ2) is 12.2. The molecule has 6 aliphatic rings. The molecule has 4 saturated carbocycles. The number of allylic oxidation sites excluding steroid dienone is 4. The van der Waals surface area contributed by atoms with Crippen LogP contribution in [0.4, 0.5) is 0 Å². The molecule has 262 valence electrons. The van der Waals surface area contributed by atoms with Crippen LogP contribution in [0.15, 0.2) is 41.5 Å². The predicted octanol–water partition coefficient (Wildman–Crippen LogP) is 10.2. The maximum Gasteiger partial charge on any atom is 0.338 e. The lowest BCUT2D eigenvalue weighted by Gasteiger charge is -2.66. The van der Waals surface area contributed by atoms with E-state index in [4.69, 9.17) is 4.74 Å². The third-order valence-corrected chi connectivity index (χ3v) is 14.7. The van der Waals surface area contributed by atoms with Gasteiger partial charge in [0.2, 0.25) is 0 Å². The molecule has 8 unspecified atom stereocenters. The van der Waals surface area contributed by atoms with Crippen LogP contribution in [-0.4, -0.2) is 30.4 Å². The van der Waals surface area contributed by atoms with E-state index in [9.17, 15) is 9.59 Å². The van der Waals surface area contributed by atoms with Crippen LogP contribution in [0, 0.1) is 57.7 Å². The number of nitrogens with one attached hydrogen (secondary N) is 1. The van der Waals surface area contributed by atoms with Crippen LogP contribution in [0.2, 0.25) is 0 Å². The first-order chi connectivity index (χ1) is 22.7. The Morgan fingerprint density at radius 2 is 1.67 bits per heavy atom. The summed E-state index contributed by atoms with van der Waals surface area (Å²) in [7, 11) is 0. The van der Waals surface area contributed by atoms with E-state index in [1.807, 2.05) is 32.9 Å². The molecule has 4 fully saturated rings. The molecular formula is C44H63NO3. The molecule has 1 aromatic carbocycles. The highest BCUT2D eigenvalue weighted by Gasteiger charge is 2.64. The first kappa shape index (κ1) is 34.3. The number of carbonyl (C=O) groups excluding carboxylic acids is 2. The molecule has 0 spiro atoms. The quantitative estimate of drug-likeness (QED) is 0.224. The standard InChI is InChI=1S/C44H63NO3/c1-27(2)38-36(46)25-44(23-24-45-26-29-9-10-29)22-19-35-33(39(38)44)15-16-37-42(7)20-17-32(28(3)34(42)18-21-43(35,37)8)30-11-13-31(14-12-30)40(47)48-41(4,5)6/h11-14,17,27-29,33-35,37,45H,9-10,15-16,18-26H2,1-8H3. The summed E-state index contributed by atoms with van der Waals surface area (Å²) in [5.41, 5.74) is 6.45. The highest BCUT2D eigenvalue weighted by Crippen LogP contribution is 2.72. The largest absolute Gasteiger partial charge is 0.456 e. The van der Waals surface area contributed by atoms with E-state index >= 15 is 0 Å². The van der Waals surface area contributed by atoms with Crippen molar-refractivity contribution in [1.29, 1.82) is 0 Å². The maximum atomic E-state index is 13.8. The van der Waals surface area contributed by atoms with Gasteiger partial charge in [-0.15, -0.1) is 0 Å². The summed E-state index contributed by atoms with van der Waals surface area (Å²) in [4.78, 5) is 26.5. The van der Waals surface area contributed by atoms with Crippen molar-refractivity contribution in [2.75, 3.05) is 13.1 Å². The summed E-state index contributed by atoms with van der Waals surface area (Å²) in [5, 5.41) is 3.80. The monoisotopic (exact) mass is 653 g/mol. The molecule has 1 aromatic rings. The van der Waals surface area contributed by atoms with Gasteiger partial charge in [-0.3, -0.25) is 4.79 Å². The highest BCUT2D eigenvalue weighted by molar-refractivity contribution is 6.00. The third kappa shape index (κ3) is 5.78. The minimum atomic E-state index is -0.495. The fourth-order valence-electron chi connectivity index (χ4n) is 12.5. The normalized spacial score (nSPS) is 37.8. The van der Waals surface area contributed by atoms with Crippen LogP contribution in [0.5, 0.6) is 0 Å². The van der Waals surface area contributed by atoms with Crippen LogP contribution >= 0.6 is 0 Å². The summed E-state index contributed by atoms with van der Waals surface area (Å²) >= 11 is 0. The van der Waals surface area contributed by atoms with Crippen molar-refractivity contribution in [2.24, 2.45) is 57.7 Å². The minimum Gasteiger partial charge on any atom is -0.456 e. The average molecular weight is 654 g/mol. The van der Waals surface area contributed by atoms with Gasteiger partial charge in [0.25, 0.3) is 0 Å². The number of ether oxygens (including phenoxy) is 1. The molecule has 4 nitrogen and oxygen atoms in total. The van der Waals surface area contributed by atoms with Crippen LogP contribution in [0.25, 0.3) is 5.57 Å². The van der Waals surface area contributed by atoms with Gasteiger partial charge in [0.1, 0.15) is 5.60 Å². The molecule has 0 saturated heterocycles. The van der Waals surface area contributed by atoms with E-state index in [1.165, 1.54) is 68.1 Å². The van der Waals surface area contributed by atoms with Crippen molar-refractivity contribution in [2.45, 2.75) is 132 Å². The van der Waals surface area contributed by atoms with Crippen LogP contribution < -0.4 is 5.32 Å². The van der Waals surface area contributed by atoms with Crippen molar-refractivity contribution in [3.05, 3.63) is 52.6 Å². The molecular weight excluding hydrogens is 590 g/mol. The summed E-state index contributed by atoms with van der Waals surface area (Å²) in [6, 6.07) is 8.18. The Morgan fingerprint density at radius 1 is 0.958 bits per heavy atom. The lowest BCUT2D eigenvalue weighted by Crippen LogP contribution is -2.59. The van der Waals surface area contributed by atoms with Gasteiger partial charge in [-0.25, -0.2) is 4.79 Å². The van der Waals surface area contributed by atoms with Gasteiger partial charge in [0.15, 0.2) is 5.78 Å². The van der Waals surface area contributed by atoms with Crippen LogP contribution in [-0.2, 0) is 9.53 Å². The number of fused-ring (bicyclic) bond motifs is 7. The number of Topliss-reactive ketones (excluding diaryl/α,β-unsaturated/α-hetero) is 1. The van der Waals surface area contributed by atoms with E-state index < -0.39 is 5.60 Å².